The van der Waals surface area contributed by atoms with Gasteiger partial charge in [-0.15, -0.1) is 6.42 Å². The van der Waals surface area contributed by atoms with Crippen LogP contribution in [0.5, 0.6) is 0 Å². The summed E-state index contributed by atoms with van der Waals surface area (Å²) in [6.45, 7) is 2.22. The normalized spacial score (nSPS) is 10.8. The van der Waals surface area contributed by atoms with Crippen LogP contribution in [0.2, 0.25) is 0 Å². The van der Waals surface area contributed by atoms with Crippen LogP contribution in [0.3, 0.4) is 0 Å². The van der Waals surface area contributed by atoms with Crippen molar-refractivity contribution in [3.8, 4) is 12.3 Å². The van der Waals surface area contributed by atoms with E-state index in [0.717, 1.165) is 5.56 Å². The van der Waals surface area contributed by atoms with Gasteiger partial charge in [0.05, 0.1) is 6.54 Å². The second-order valence-corrected chi connectivity index (χ2v) is 5.64. The highest BCUT2D eigenvalue weighted by Crippen LogP contribution is 2.10. The molecule has 0 atom stereocenters. The molecule has 0 aliphatic heterocycles. The van der Waals surface area contributed by atoms with Crippen LogP contribution < -0.4 is 16.0 Å². The first kappa shape index (κ1) is 19.0. The predicted octanol–water partition coefficient (Wildman–Crippen LogP) is 2.42. The van der Waals surface area contributed by atoms with Crippen LogP contribution in [-0.2, 0) is 11.3 Å². The summed E-state index contributed by atoms with van der Waals surface area (Å²) in [5, 5.41) is 8.77. The summed E-state index contributed by atoms with van der Waals surface area (Å²) in [7, 11) is 1.61. The number of halogens is 1. The second-order valence-electron chi connectivity index (χ2n) is 5.64. The molecule has 134 valence electrons. The molecule has 0 aliphatic rings. The van der Waals surface area contributed by atoms with E-state index in [2.05, 4.69) is 26.9 Å². The van der Waals surface area contributed by atoms with Crippen molar-refractivity contribution in [1.29, 1.82) is 0 Å². The van der Waals surface area contributed by atoms with Gasteiger partial charge in [-0.1, -0.05) is 24.1 Å². The van der Waals surface area contributed by atoms with Crippen molar-refractivity contribution in [2.45, 2.75) is 13.5 Å². The van der Waals surface area contributed by atoms with Gasteiger partial charge >= 0.3 is 0 Å². The maximum absolute atomic E-state index is 13.3. The molecule has 0 aliphatic carbocycles. The van der Waals surface area contributed by atoms with Crippen LogP contribution in [0.1, 0.15) is 16.7 Å². The molecule has 2 rings (SSSR count). The summed E-state index contributed by atoms with van der Waals surface area (Å²) in [4.78, 5) is 16.1. The van der Waals surface area contributed by atoms with E-state index >= 15 is 0 Å². The Balaban J connectivity index is 1.83. The van der Waals surface area contributed by atoms with Crippen molar-refractivity contribution < 1.29 is 9.18 Å². The van der Waals surface area contributed by atoms with Gasteiger partial charge in [0.15, 0.2) is 5.96 Å². The average Bonchev–Trinajstić information content (AvgIpc) is 2.64. The topological polar surface area (TPSA) is 65.5 Å². The number of carbonyl (C=O) groups excluding carboxylic acids is 1. The van der Waals surface area contributed by atoms with Crippen LogP contribution in [0, 0.1) is 25.1 Å². The zero-order chi connectivity index (χ0) is 18.9. The van der Waals surface area contributed by atoms with Crippen LogP contribution in [-0.4, -0.2) is 25.5 Å². The summed E-state index contributed by atoms with van der Waals surface area (Å²) in [5.74, 6) is 2.54. The van der Waals surface area contributed by atoms with Crippen molar-refractivity contribution in [1.82, 2.24) is 10.6 Å². The van der Waals surface area contributed by atoms with Crippen molar-refractivity contribution in [2.24, 2.45) is 4.99 Å². The Bertz CT molecular complexity index is 855. The first-order valence-corrected chi connectivity index (χ1v) is 8.08. The zero-order valence-corrected chi connectivity index (χ0v) is 14.8. The summed E-state index contributed by atoms with van der Waals surface area (Å²) >= 11 is 0. The van der Waals surface area contributed by atoms with Crippen molar-refractivity contribution in [3.05, 3.63) is 65.0 Å². The number of nitrogens with one attached hydrogen (secondary N) is 3. The molecular weight excluding hydrogens is 331 g/mol. The fourth-order valence-corrected chi connectivity index (χ4v) is 2.28. The summed E-state index contributed by atoms with van der Waals surface area (Å²) < 4.78 is 13.3. The number of carbonyl (C=O) groups is 1. The number of aryl methyl sites for hydroxylation is 1. The lowest BCUT2D eigenvalue weighted by molar-refractivity contribution is -0.115. The fourth-order valence-electron chi connectivity index (χ4n) is 2.28. The van der Waals surface area contributed by atoms with Crippen molar-refractivity contribution in [2.75, 3.05) is 18.9 Å². The Hall–Kier alpha value is -3.33. The van der Waals surface area contributed by atoms with E-state index in [-0.39, 0.29) is 18.3 Å². The maximum Gasteiger partial charge on any atom is 0.243 e. The van der Waals surface area contributed by atoms with E-state index < -0.39 is 0 Å². The molecule has 0 saturated carbocycles. The molecule has 0 fully saturated rings. The number of benzene rings is 2. The van der Waals surface area contributed by atoms with E-state index in [1.54, 1.807) is 50.4 Å². The molecule has 2 aromatic rings. The average molecular weight is 352 g/mol. The highest BCUT2D eigenvalue weighted by molar-refractivity contribution is 5.95. The van der Waals surface area contributed by atoms with Crippen LogP contribution >= 0.6 is 0 Å². The van der Waals surface area contributed by atoms with E-state index in [1.165, 1.54) is 6.07 Å². The fraction of sp³-hybridized carbons (Fsp3) is 0.200. The van der Waals surface area contributed by atoms with Gasteiger partial charge < -0.3 is 16.0 Å². The van der Waals surface area contributed by atoms with Crippen LogP contribution in [0.15, 0.2) is 47.5 Å². The number of anilines is 1. The zero-order valence-electron chi connectivity index (χ0n) is 14.8. The molecule has 2 aromatic carbocycles. The lowest BCUT2D eigenvalue weighted by atomic mass is 10.1. The monoisotopic (exact) mass is 352 g/mol. The lowest BCUT2D eigenvalue weighted by Gasteiger charge is -2.12. The summed E-state index contributed by atoms with van der Waals surface area (Å²) in [6.07, 6.45) is 5.34. The number of aliphatic imine (C=N–C) groups is 1. The van der Waals surface area contributed by atoms with Crippen molar-refractivity contribution in [3.63, 3.8) is 0 Å². The first-order chi connectivity index (χ1) is 12.5. The third-order valence-electron chi connectivity index (χ3n) is 3.64. The smallest absolute Gasteiger partial charge is 0.243 e. The Morgan fingerprint density at radius 2 is 2.04 bits per heavy atom. The molecule has 5 nitrogen and oxygen atoms in total. The molecule has 0 bridgehead atoms. The van der Waals surface area contributed by atoms with Gasteiger partial charge in [0.2, 0.25) is 5.91 Å². The standard InChI is InChI=1S/C20H21FN4O/c1-4-15-6-5-7-17(11-15)25-19(26)13-24-20(22-3)23-12-16-8-9-18(21)14(2)10-16/h1,5-11H,12-13H2,2-3H3,(H,25,26)(H2,22,23,24). The van der Waals surface area contributed by atoms with E-state index in [9.17, 15) is 9.18 Å². The SMILES string of the molecule is C#Cc1cccc(NC(=O)CNC(=NC)NCc2ccc(F)c(C)c2)c1. The number of rotatable bonds is 5. The minimum absolute atomic E-state index is 0.0440. The second kappa shape index (κ2) is 9.23. The summed E-state index contributed by atoms with van der Waals surface area (Å²) in [5.41, 5.74) is 2.84. The Morgan fingerprint density at radius 3 is 2.73 bits per heavy atom. The van der Waals surface area contributed by atoms with E-state index in [1.807, 2.05) is 0 Å². The molecule has 0 saturated heterocycles. The Labute approximate surface area is 152 Å². The minimum atomic E-state index is -0.234. The molecule has 0 heterocycles. The van der Waals surface area contributed by atoms with Gasteiger partial charge in [-0.05, 0) is 42.3 Å². The third-order valence-corrected chi connectivity index (χ3v) is 3.64. The number of hydrogen-bond donors (Lipinski definition) is 3. The quantitative estimate of drug-likeness (QED) is 0.440. The first-order valence-electron chi connectivity index (χ1n) is 8.08. The van der Waals surface area contributed by atoms with Gasteiger partial charge in [-0.3, -0.25) is 9.79 Å². The molecule has 0 aromatic heterocycles. The molecule has 0 spiro atoms. The Morgan fingerprint density at radius 1 is 1.23 bits per heavy atom. The third kappa shape index (κ3) is 5.64. The van der Waals surface area contributed by atoms with Crippen molar-refractivity contribution >= 4 is 17.6 Å². The van der Waals surface area contributed by atoms with Gasteiger partial charge in [0.1, 0.15) is 5.82 Å². The molecule has 6 heteroatoms. The van der Waals surface area contributed by atoms with Gasteiger partial charge in [-0.2, -0.15) is 0 Å². The molecule has 1 amide bonds. The molecule has 0 radical (unpaired) electrons. The number of amides is 1. The van der Waals surface area contributed by atoms with Gasteiger partial charge in [0.25, 0.3) is 0 Å². The van der Waals surface area contributed by atoms with Crippen LogP contribution in [0.4, 0.5) is 10.1 Å². The van der Waals surface area contributed by atoms with E-state index in [4.69, 9.17) is 6.42 Å². The predicted molar refractivity (Wildman–Crippen MR) is 102 cm³/mol. The highest BCUT2D eigenvalue weighted by atomic mass is 19.1. The number of terminal acetylenes is 1. The highest BCUT2D eigenvalue weighted by Gasteiger charge is 2.05. The van der Waals surface area contributed by atoms with Gasteiger partial charge in [0, 0.05) is 24.8 Å². The van der Waals surface area contributed by atoms with Gasteiger partial charge in [-0.25, -0.2) is 4.39 Å². The maximum atomic E-state index is 13.3. The lowest BCUT2D eigenvalue weighted by Crippen LogP contribution is -2.41. The van der Waals surface area contributed by atoms with E-state index in [0.29, 0.717) is 29.3 Å². The summed E-state index contributed by atoms with van der Waals surface area (Å²) in [6, 6.07) is 12.0. The number of hydrogen-bond acceptors (Lipinski definition) is 2. The van der Waals surface area contributed by atoms with Crippen LogP contribution in [0.25, 0.3) is 0 Å². The molecule has 3 N–H and O–H groups in total. The molecule has 26 heavy (non-hydrogen) atoms. The Kier molecular flexibility index (Phi) is 6.75. The molecular formula is C20H21FN4O. The largest absolute Gasteiger partial charge is 0.352 e. The minimum Gasteiger partial charge on any atom is -0.352 e. The number of guanidine groups is 1. The number of nitrogens with zero attached hydrogens (tertiary/aromatic N) is 1. The molecule has 0 unspecified atom stereocenters.